The van der Waals surface area contributed by atoms with E-state index < -0.39 is 0 Å². The number of para-hydroxylation sites is 2. The number of hydrogen-bond acceptors (Lipinski definition) is 3. The van der Waals surface area contributed by atoms with Crippen molar-refractivity contribution in [3.63, 3.8) is 0 Å². The van der Waals surface area contributed by atoms with E-state index in [0.29, 0.717) is 17.0 Å². The van der Waals surface area contributed by atoms with Crippen molar-refractivity contribution in [1.29, 1.82) is 0 Å². The van der Waals surface area contributed by atoms with Gasteiger partial charge in [-0.05, 0) is 49.7 Å². The van der Waals surface area contributed by atoms with Crippen molar-refractivity contribution in [3.8, 4) is 17.1 Å². The molecule has 1 N–H and O–H groups in total. The van der Waals surface area contributed by atoms with Gasteiger partial charge in [0.05, 0.1) is 11.3 Å². The maximum atomic E-state index is 13.0. The summed E-state index contributed by atoms with van der Waals surface area (Å²) in [4.78, 5) is 13.0. The molecule has 2 aromatic carbocycles. The number of carbonyl (C=O) groups is 1. The Kier molecular flexibility index (Phi) is 4.34. The maximum absolute atomic E-state index is 13.0. The number of nitrogens with one attached hydrogen (secondary N) is 1. The number of anilines is 1. The first-order valence-corrected chi connectivity index (χ1v) is 8.71. The average molecular weight is 357 g/mol. The molecular weight excluding hydrogens is 338 g/mol. The third kappa shape index (κ3) is 3.40. The number of rotatable bonds is 4. The molecule has 2 aromatic heterocycles. The van der Waals surface area contributed by atoms with Crippen LogP contribution in [0.25, 0.3) is 17.1 Å². The van der Waals surface area contributed by atoms with Crippen LogP contribution in [0.3, 0.4) is 0 Å². The molecule has 134 valence electrons. The van der Waals surface area contributed by atoms with E-state index in [4.69, 9.17) is 4.42 Å². The molecule has 0 atom stereocenters. The standard InChI is InChI=1S/C22H19N3O2/c1-15-8-6-7-11-19(15)23-22(26)18-14-25(17-9-4-3-5-10-17)24-21(18)20-13-12-16(2)27-20/h3-14H,1-2H3,(H,23,26). The van der Waals surface area contributed by atoms with Gasteiger partial charge in [0.25, 0.3) is 5.91 Å². The number of aryl methyl sites for hydroxylation is 2. The highest BCUT2D eigenvalue weighted by atomic mass is 16.3. The third-order valence-electron chi connectivity index (χ3n) is 4.35. The van der Waals surface area contributed by atoms with Gasteiger partial charge in [0.2, 0.25) is 0 Å². The lowest BCUT2D eigenvalue weighted by Gasteiger charge is -2.07. The first kappa shape index (κ1) is 16.8. The number of nitrogens with zero attached hydrogens (tertiary/aromatic N) is 2. The fourth-order valence-electron chi connectivity index (χ4n) is 2.90. The zero-order valence-electron chi connectivity index (χ0n) is 15.1. The highest BCUT2D eigenvalue weighted by molar-refractivity contribution is 6.08. The first-order valence-electron chi connectivity index (χ1n) is 8.71. The summed E-state index contributed by atoms with van der Waals surface area (Å²) in [6, 6.07) is 21.0. The summed E-state index contributed by atoms with van der Waals surface area (Å²) in [6.07, 6.45) is 1.73. The summed E-state index contributed by atoms with van der Waals surface area (Å²) in [5.74, 6) is 1.11. The van der Waals surface area contributed by atoms with Crippen molar-refractivity contribution in [3.05, 3.63) is 89.8 Å². The molecule has 5 nitrogen and oxygen atoms in total. The van der Waals surface area contributed by atoms with E-state index >= 15 is 0 Å². The molecule has 4 aromatic rings. The predicted molar refractivity (Wildman–Crippen MR) is 105 cm³/mol. The Morgan fingerprint density at radius 3 is 2.41 bits per heavy atom. The Morgan fingerprint density at radius 1 is 0.963 bits per heavy atom. The summed E-state index contributed by atoms with van der Waals surface area (Å²) in [6.45, 7) is 3.82. The van der Waals surface area contributed by atoms with Crippen molar-refractivity contribution in [2.45, 2.75) is 13.8 Å². The van der Waals surface area contributed by atoms with Gasteiger partial charge in [-0.25, -0.2) is 4.68 Å². The minimum absolute atomic E-state index is 0.226. The van der Waals surface area contributed by atoms with E-state index in [1.165, 1.54) is 0 Å². The van der Waals surface area contributed by atoms with Gasteiger partial charge in [0.1, 0.15) is 11.5 Å². The molecule has 0 aliphatic heterocycles. The summed E-state index contributed by atoms with van der Waals surface area (Å²) >= 11 is 0. The molecule has 0 bridgehead atoms. The van der Waals surface area contributed by atoms with Crippen LogP contribution in [0.5, 0.6) is 0 Å². The number of furan rings is 1. The van der Waals surface area contributed by atoms with Crippen LogP contribution in [0.15, 0.2) is 77.3 Å². The van der Waals surface area contributed by atoms with Gasteiger partial charge in [-0.15, -0.1) is 0 Å². The van der Waals surface area contributed by atoms with Gasteiger partial charge in [-0.2, -0.15) is 5.10 Å². The molecule has 0 saturated carbocycles. The molecule has 5 heteroatoms. The van der Waals surface area contributed by atoms with E-state index in [-0.39, 0.29) is 5.91 Å². The fourth-order valence-corrected chi connectivity index (χ4v) is 2.90. The topological polar surface area (TPSA) is 60.1 Å². The van der Waals surface area contributed by atoms with Crippen LogP contribution in [-0.4, -0.2) is 15.7 Å². The van der Waals surface area contributed by atoms with Gasteiger partial charge >= 0.3 is 0 Å². The van der Waals surface area contributed by atoms with E-state index in [1.54, 1.807) is 10.9 Å². The molecule has 1 amide bonds. The fraction of sp³-hybridized carbons (Fsp3) is 0.0909. The minimum atomic E-state index is -0.226. The molecule has 0 radical (unpaired) electrons. The van der Waals surface area contributed by atoms with Crippen molar-refractivity contribution in [2.75, 3.05) is 5.32 Å². The van der Waals surface area contributed by atoms with Crippen molar-refractivity contribution in [1.82, 2.24) is 9.78 Å². The quantitative estimate of drug-likeness (QED) is 0.559. The lowest BCUT2D eigenvalue weighted by Crippen LogP contribution is -2.13. The van der Waals surface area contributed by atoms with Gasteiger partial charge in [-0.1, -0.05) is 36.4 Å². The molecule has 27 heavy (non-hydrogen) atoms. The van der Waals surface area contributed by atoms with E-state index in [2.05, 4.69) is 10.4 Å². The summed E-state index contributed by atoms with van der Waals surface area (Å²) < 4.78 is 7.42. The lowest BCUT2D eigenvalue weighted by atomic mass is 10.1. The van der Waals surface area contributed by atoms with Crippen molar-refractivity contribution >= 4 is 11.6 Å². The molecule has 0 aliphatic carbocycles. The van der Waals surface area contributed by atoms with Gasteiger partial charge in [0.15, 0.2) is 5.76 Å². The molecule has 0 saturated heterocycles. The van der Waals surface area contributed by atoms with Crippen LogP contribution in [-0.2, 0) is 0 Å². The van der Waals surface area contributed by atoms with Gasteiger partial charge < -0.3 is 9.73 Å². The molecule has 4 rings (SSSR count). The number of aromatic nitrogens is 2. The van der Waals surface area contributed by atoms with Crippen LogP contribution in [0.1, 0.15) is 21.7 Å². The highest BCUT2D eigenvalue weighted by Gasteiger charge is 2.21. The second-order valence-corrected chi connectivity index (χ2v) is 6.35. The Morgan fingerprint density at radius 2 is 1.70 bits per heavy atom. The van der Waals surface area contributed by atoms with E-state index in [0.717, 1.165) is 22.7 Å². The molecular formula is C22H19N3O2. The van der Waals surface area contributed by atoms with Crippen LogP contribution in [0.2, 0.25) is 0 Å². The zero-order chi connectivity index (χ0) is 18.8. The minimum Gasteiger partial charge on any atom is -0.460 e. The van der Waals surface area contributed by atoms with Crippen LogP contribution in [0, 0.1) is 13.8 Å². The van der Waals surface area contributed by atoms with Gasteiger partial charge in [-0.3, -0.25) is 4.79 Å². The van der Waals surface area contributed by atoms with E-state index in [1.807, 2.05) is 80.6 Å². The Labute approximate surface area is 157 Å². The molecule has 0 unspecified atom stereocenters. The maximum Gasteiger partial charge on any atom is 0.259 e. The number of hydrogen-bond donors (Lipinski definition) is 1. The van der Waals surface area contributed by atoms with Crippen LogP contribution >= 0.6 is 0 Å². The SMILES string of the molecule is Cc1ccc(-c2nn(-c3ccccc3)cc2C(=O)Nc2ccccc2C)o1. The average Bonchev–Trinajstić information content (AvgIpc) is 3.31. The lowest BCUT2D eigenvalue weighted by molar-refractivity contribution is 0.102. The third-order valence-corrected chi connectivity index (χ3v) is 4.35. The normalized spacial score (nSPS) is 10.7. The second-order valence-electron chi connectivity index (χ2n) is 6.35. The summed E-state index contributed by atoms with van der Waals surface area (Å²) in [7, 11) is 0. The largest absolute Gasteiger partial charge is 0.460 e. The Bertz CT molecular complexity index is 1090. The van der Waals surface area contributed by atoms with Crippen molar-refractivity contribution < 1.29 is 9.21 Å². The van der Waals surface area contributed by atoms with Crippen molar-refractivity contribution in [2.24, 2.45) is 0 Å². The predicted octanol–water partition coefficient (Wildman–Crippen LogP) is 5.00. The number of amides is 1. The molecule has 0 fully saturated rings. The zero-order valence-corrected chi connectivity index (χ0v) is 15.1. The molecule has 2 heterocycles. The monoisotopic (exact) mass is 357 g/mol. The number of benzene rings is 2. The number of carbonyl (C=O) groups excluding carboxylic acids is 1. The van der Waals surface area contributed by atoms with E-state index in [9.17, 15) is 4.79 Å². The Hall–Kier alpha value is -3.60. The van der Waals surface area contributed by atoms with Crippen LogP contribution in [0.4, 0.5) is 5.69 Å². The smallest absolute Gasteiger partial charge is 0.259 e. The molecule has 0 aliphatic rings. The highest BCUT2D eigenvalue weighted by Crippen LogP contribution is 2.27. The summed E-state index contributed by atoms with van der Waals surface area (Å²) in [5, 5.41) is 7.59. The molecule has 0 spiro atoms. The van der Waals surface area contributed by atoms with Gasteiger partial charge in [0, 0.05) is 11.9 Å². The Balaban J connectivity index is 1.77. The van der Waals surface area contributed by atoms with Crippen LogP contribution < -0.4 is 5.32 Å². The summed E-state index contributed by atoms with van der Waals surface area (Å²) in [5.41, 5.74) is 3.61. The first-order chi connectivity index (χ1) is 13.1. The second kappa shape index (κ2) is 6.96.